The number of carbonyl (C=O) groups excluding carboxylic acids is 2. The summed E-state index contributed by atoms with van der Waals surface area (Å²) in [4.78, 5) is 30.4. The number of benzene rings is 1. The van der Waals surface area contributed by atoms with Crippen LogP contribution >= 0.6 is 22.9 Å². The van der Waals surface area contributed by atoms with Gasteiger partial charge in [-0.3, -0.25) is 14.5 Å². The summed E-state index contributed by atoms with van der Waals surface area (Å²) in [6.45, 7) is 2.25. The van der Waals surface area contributed by atoms with E-state index in [4.69, 9.17) is 11.6 Å². The number of alkyl halides is 3. The lowest BCUT2D eigenvalue weighted by Gasteiger charge is -2.13. The van der Waals surface area contributed by atoms with Crippen molar-refractivity contribution in [1.82, 2.24) is 14.8 Å². The first-order valence-corrected chi connectivity index (χ1v) is 10.9. The van der Waals surface area contributed by atoms with E-state index >= 15 is 0 Å². The maximum Gasteiger partial charge on any atom is 0.416 e. The summed E-state index contributed by atoms with van der Waals surface area (Å²) in [5.41, 5.74) is 0.0848. The Hall–Kier alpha value is -2.92. The number of aryl methyl sites for hydroxylation is 1. The molecular weight excluding hydrogens is 467 g/mol. The molecule has 4 rings (SSSR count). The molecule has 1 aromatic carbocycles. The van der Waals surface area contributed by atoms with Gasteiger partial charge in [-0.2, -0.15) is 18.3 Å². The molecule has 1 aliphatic rings. The van der Waals surface area contributed by atoms with Crippen LogP contribution in [-0.2, 0) is 22.2 Å². The largest absolute Gasteiger partial charge is 0.416 e. The molecule has 2 amide bonds. The number of hydrogen-bond acceptors (Lipinski definition) is 5. The molecule has 1 saturated heterocycles. The molecule has 3 aromatic rings. The Kier molecular flexibility index (Phi) is 5.95. The van der Waals surface area contributed by atoms with Crippen LogP contribution in [0.5, 0.6) is 0 Å². The average Bonchev–Trinajstić information content (AvgIpc) is 3.41. The van der Waals surface area contributed by atoms with Crippen LogP contribution in [0.25, 0.3) is 5.69 Å². The first-order chi connectivity index (χ1) is 15.1. The molecule has 32 heavy (non-hydrogen) atoms. The summed E-state index contributed by atoms with van der Waals surface area (Å²) in [5.74, 6) is -0.245. The van der Waals surface area contributed by atoms with Gasteiger partial charge in [-0.1, -0.05) is 11.6 Å². The Morgan fingerprint density at radius 1 is 1.31 bits per heavy atom. The van der Waals surface area contributed by atoms with Gasteiger partial charge in [-0.15, -0.1) is 11.3 Å². The van der Waals surface area contributed by atoms with E-state index in [1.807, 2.05) is 0 Å². The lowest BCUT2D eigenvalue weighted by molar-refractivity contribution is -0.137. The summed E-state index contributed by atoms with van der Waals surface area (Å²) >= 11 is 7.40. The number of halogens is 4. The van der Waals surface area contributed by atoms with E-state index in [-0.39, 0.29) is 28.9 Å². The van der Waals surface area contributed by atoms with Gasteiger partial charge in [0.2, 0.25) is 11.8 Å². The quantitative estimate of drug-likeness (QED) is 0.574. The van der Waals surface area contributed by atoms with Crippen molar-refractivity contribution in [2.24, 2.45) is 0 Å². The van der Waals surface area contributed by atoms with Crippen molar-refractivity contribution in [3.05, 3.63) is 51.6 Å². The SMILES string of the molecule is Cc1cc(NC(=O)Cc2csc(N3CCCC3=O)n2)n(-c2cc(C(F)(F)F)ccc2Cl)n1. The molecule has 1 N–H and O–H groups in total. The smallest absolute Gasteiger partial charge is 0.310 e. The van der Waals surface area contributed by atoms with Gasteiger partial charge in [0, 0.05) is 24.4 Å². The fourth-order valence-corrected chi connectivity index (χ4v) is 4.39. The fourth-order valence-electron chi connectivity index (χ4n) is 3.33. The first-order valence-electron chi connectivity index (χ1n) is 9.60. The Labute approximate surface area is 189 Å². The third-order valence-corrected chi connectivity index (χ3v) is 6.02. The molecule has 1 fully saturated rings. The molecule has 0 atom stereocenters. The third kappa shape index (κ3) is 4.63. The summed E-state index contributed by atoms with van der Waals surface area (Å²) in [5, 5.41) is 9.14. The number of rotatable bonds is 5. The summed E-state index contributed by atoms with van der Waals surface area (Å²) in [6, 6.07) is 4.43. The summed E-state index contributed by atoms with van der Waals surface area (Å²) in [6.07, 6.45) is -3.37. The lowest BCUT2D eigenvalue weighted by atomic mass is 10.2. The highest BCUT2D eigenvalue weighted by Gasteiger charge is 2.31. The van der Waals surface area contributed by atoms with Crippen molar-refractivity contribution in [2.75, 3.05) is 16.8 Å². The molecule has 0 spiro atoms. The van der Waals surface area contributed by atoms with Crippen molar-refractivity contribution in [1.29, 1.82) is 0 Å². The second-order valence-electron chi connectivity index (χ2n) is 7.24. The molecule has 168 valence electrons. The number of thiazole rings is 1. The maximum absolute atomic E-state index is 13.1. The zero-order chi connectivity index (χ0) is 23.0. The second-order valence-corrected chi connectivity index (χ2v) is 8.49. The average molecular weight is 484 g/mol. The Morgan fingerprint density at radius 3 is 2.78 bits per heavy atom. The number of nitrogens with zero attached hydrogens (tertiary/aromatic N) is 4. The van der Waals surface area contributed by atoms with Gasteiger partial charge in [0.25, 0.3) is 0 Å². The normalized spacial score (nSPS) is 14.3. The van der Waals surface area contributed by atoms with Crippen LogP contribution in [0, 0.1) is 6.92 Å². The Bertz CT molecular complexity index is 1190. The highest BCUT2D eigenvalue weighted by molar-refractivity contribution is 7.14. The molecule has 0 unspecified atom stereocenters. The van der Waals surface area contributed by atoms with Crippen LogP contribution in [0.15, 0.2) is 29.6 Å². The van der Waals surface area contributed by atoms with Crippen LogP contribution < -0.4 is 10.2 Å². The molecular formula is C20H17ClF3N5O2S. The van der Waals surface area contributed by atoms with Crippen LogP contribution in [0.1, 0.15) is 29.8 Å². The standard InChI is InChI=1S/C20H17ClF3N5O2S/c1-11-7-16(29(27-11)15-8-12(20(22,23)24)4-5-14(15)21)26-17(30)9-13-10-32-19(25-13)28-6-2-3-18(28)31/h4-5,7-8,10H,2-3,6,9H2,1H3,(H,26,30). The lowest BCUT2D eigenvalue weighted by Crippen LogP contribution is -2.23. The van der Waals surface area contributed by atoms with Crippen molar-refractivity contribution >= 4 is 45.7 Å². The molecule has 2 aromatic heterocycles. The number of amides is 2. The van der Waals surface area contributed by atoms with E-state index in [0.717, 1.165) is 24.6 Å². The van der Waals surface area contributed by atoms with Gasteiger partial charge in [0.15, 0.2) is 5.13 Å². The topological polar surface area (TPSA) is 80.1 Å². The van der Waals surface area contributed by atoms with Crippen LogP contribution in [0.2, 0.25) is 5.02 Å². The van der Waals surface area contributed by atoms with Crippen LogP contribution in [0.3, 0.4) is 0 Å². The van der Waals surface area contributed by atoms with Crippen molar-refractivity contribution in [3.8, 4) is 5.69 Å². The second kappa shape index (κ2) is 8.55. The van der Waals surface area contributed by atoms with Gasteiger partial charge < -0.3 is 5.32 Å². The predicted octanol–water partition coefficient (Wildman–Crippen LogP) is 4.62. The molecule has 3 heterocycles. The van der Waals surface area contributed by atoms with Gasteiger partial charge >= 0.3 is 6.18 Å². The van der Waals surface area contributed by atoms with Gasteiger partial charge in [-0.25, -0.2) is 9.67 Å². The minimum absolute atomic E-state index is 0.00613. The highest BCUT2D eigenvalue weighted by Crippen LogP contribution is 2.34. The predicted molar refractivity (Wildman–Crippen MR) is 114 cm³/mol. The minimum atomic E-state index is -4.55. The van der Waals surface area contributed by atoms with Gasteiger partial charge in [-0.05, 0) is 31.5 Å². The Morgan fingerprint density at radius 2 is 2.09 bits per heavy atom. The fraction of sp³-hybridized carbons (Fsp3) is 0.300. The Balaban J connectivity index is 1.54. The molecule has 12 heteroatoms. The van der Waals surface area contributed by atoms with Crippen molar-refractivity contribution in [3.63, 3.8) is 0 Å². The number of anilines is 2. The monoisotopic (exact) mass is 483 g/mol. The molecule has 0 aliphatic carbocycles. The van der Waals surface area contributed by atoms with E-state index in [1.165, 1.54) is 22.1 Å². The minimum Gasteiger partial charge on any atom is -0.310 e. The number of hydrogen-bond donors (Lipinski definition) is 1. The summed E-state index contributed by atoms with van der Waals surface area (Å²) < 4.78 is 40.6. The molecule has 0 bridgehead atoms. The van der Waals surface area contributed by atoms with E-state index < -0.39 is 17.6 Å². The van der Waals surface area contributed by atoms with E-state index in [1.54, 1.807) is 17.2 Å². The third-order valence-electron chi connectivity index (χ3n) is 4.79. The van der Waals surface area contributed by atoms with Crippen LogP contribution in [-0.4, -0.2) is 33.1 Å². The van der Waals surface area contributed by atoms with Gasteiger partial charge in [0.1, 0.15) is 5.82 Å². The maximum atomic E-state index is 13.1. The van der Waals surface area contributed by atoms with Gasteiger partial charge in [0.05, 0.1) is 34.1 Å². The number of carbonyl (C=O) groups is 2. The highest BCUT2D eigenvalue weighted by atomic mass is 35.5. The van der Waals surface area contributed by atoms with Crippen LogP contribution in [0.4, 0.5) is 24.1 Å². The number of aromatic nitrogens is 3. The van der Waals surface area contributed by atoms with Crippen molar-refractivity contribution in [2.45, 2.75) is 32.4 Å². The zero-order valence-electron chi connectivity index (χ0n) is 16.7. The zero-order valence-corrected chi connectivity index (χ0v) is 18.3. The van der Waals surface area contributed by atoms with E-state index in [0.29, 0.717) is 29.5 Å². The van der Waals surface area contributed by atoms with E-state index in [2.05, 4.69) is 15.4 Å². The number of nitrogens with one attached hydrogen (secondary N) is 1. The van der Waals surface area contributed by atoms with Crippen molar-refractivity contribution < 1.29 is 22.8 Å². The molecule has 1 aliphatic heterocycles. The summed E-state index contributed by atoms with van der Waals surface area (Å²) in [7, 11) is 0. The molecule has 0 radical (unpaired) electrons. The van der Waals surface area contributed by atoms with E-state index in [9.17, 15) is 22.8 Å². The molecule has 0 saturated carbocycles. The first kappa shape index (κ1) is 22.3. The molecule has 7 nitrogen and oxygen atoms in total.